The van der Waals surface area contributed by atoms with Crippen LogP contribution in [0.1, 0.15) is 21.6 Å². The summed E-state index contributed by atoms with van der Waals surface area (Å²) in [6.07, 6.45) is -3.64. The van der Waals surface area contributed by atoms with Gasteiger partial charge in [-0.3, -0.25) is 4.79 Å². The van der Waals surface area contributed by atoms with E-state index in [9.17, 15) is 18.0 Å². The number of aldehydes is 1. The zero-order valence-electron chi connectivity index (χ0n) is 12.8. The third-order valence-electron chi connectivity index (χ3n) is 3.43. The van der Waals surface area contributed by atoms with Crippen molar-refractivity contribution in [1.82, 2.24) is 4.98 Å². The Hall–Kier alpha value is -2.67. The Morgan fingerprint density at radius 3 is 2.48 bits per heavy atom. The molecular formula is C18H12F3NO2S. The molecule has 0 unspecified atom stereocenters. The number of hydrogen-bond acceptors (Lipinski definition) is 4. The highest BCUT2D eigenvalue weighted by Gasteiger charge is 2.30. The summed E-state index contributed by atoms with van der Waals surface area (Å²) >= 11 is 1.32. The van der Waals surface area contributed by atoms with Crippen molar-refractivity contribution < 1.29 is 22.7 Å². The third-order valence-corrected chi connectivity index (χ3v) is 4.37. The van der Waals surface area contributed by atoms with E-state index in [2.05, 4.69) is 4.98 Å². The summed E-state index contributed by atoms with van der Waals surface area (Å²) in [5.41, 5.74) is 1.00. The van der Waals surface area contributed by atoms with Gasteiger partial charge in [-0.2, -0.15) is 13.2 Å². The summed E-state index contributed by atoms with van der Waals surface area (Å²) in [5.74, 6) is 0.460. The van der Waals surface area contributed by atoms with Crippen LogP contribution < -0.4 is 4.74 Å². The van der Waals surface area contributed by atoms with Gasteiger partial charge in [0.1, 0.15) is 17.4 Å². The minimum absolute atomic E-state index is 0.169. The predicted molar refractivity (Wildman–Crippen MR) is 88.7 cm³/mol. The van der Waals surface area contributed by atoms with Crippen molar-refractivity contribution in [2.45, 2.75) is 12.8 Å². The van der Waals surface area contributed by atoms with Crippen molar-refractivity contribution in [3.63, 3.8) is 0 Å². The number of carbonyl (C=O) groups is 1. The number of carbonyl (C=O) groups excluding carboxylic acids is 1. The van der Waals surface area contributed by atoms with Gasteiger partial charge < -0.3 is 4.74 Å². The van der Waals surface area contributed by atoms with E-state index < -0.39 is 11.7 Å². The van der Waals surface area contributed by atoms with Crippen LogP contribution in [0, 0.1) is 0 Å². The van der Waals surface area contributed by atoms with E-state index in [-0.39, 0.29) is 6.61 Å². The van der Waals surface area contributed by atoms with Gasteiger partial charge in [0, 0.05) is 10.9 Å². The molecule has 3 nitrogen and oxygen atoms in total. The molecule has 0 aliphatic carbocycles. The Balaban J connectivity index is 1.71. The largest absolute Gasteiger partial charge is 0.487 e. The van der Waals surface area contributed by atoms with Gasteiger partial charge >= 0.3 is 6.18 Å². The molecule has 0 amide bonds. The quantitative estimate of drug-likeness (QED) is 0.584. The highest BCUT2D eigenvalue weighted by Crippen LogP contribution is 2.32. The summed E-state index contributed by atoms with van der Waals surface area (Å²) in [5, 5.41) is 2.38. The number of halogens is 3. The molecule has 0 bridgehead atoms. The van der Waals surface area contributed by atoms with Gasteiger partial charge in [0.15, 0.2) is 6.29 Å². The molecule has 1 aromatic heterocycles. The van der Waals surface area contributed by atoms with Gasteiger partial charge in [0.2, 0.25) is 0 Å². The van der Waals surface area contributed by atoms with E-state index in [4.69, 9.17) is 4.74 Å². The molecule has 0 aliphatic rings. The van der Waals surface area contributed by atoms with Gasteiger partial charge in [-0.15, -0.1) is 11.3 Å². The van der Waals surface area contributed by atoms with E-state index in [0.29, 0.717) is 33.9 Å². The first-order chi connectivity index (χ1) is 12.0. The lowest BCUT2D eigenvalue weighted by Gasteiger charge is -2.07. The van der Waals surface area contributed by atoms with Gasteiger partial charge in [0.05, 0.1) is 16.8 Å². The molecule has 1 heterocycles. The second-order valence-electron chi connectivity index (χ2n) is 5.16. The Labute approximate surface area is 145 Å². The zero-order valence-corrected chi connectivity index (χ0v) is 13.6. The molecule has 0 atom stereocenters. The molecule has 2 aromatic carbocycles. The summed E-state index contributed by atoms with van der Waals surface area (Å²) < 4.78 is 43.4. The highest BCUT2D eigenvalue weighted by molar-refractivity contribution is 7.13. The van der Waals surface area contributed by atoms with Crippen LogP contribution in [-0.2, 0) is 12.8 Å². The number of thiazole rings is 1. The van der Waals surface area contributed by atoms with Crippen molar-refractivity contribution in [3.8, 4) is 16.3 Å². The van der Waals surface area contributed by atoms with Crippen LogP contribution in [0.5, 0.6) is 5.75 Å². The second kappa shape index (κ2) is 7.06. The molecule has 0 N–H and O–H groups in total. The van der Waals surface area contributed by atoms with E-state index in [1.165, 1.54) is 23.5 Å². The maximum absolute atomic E-state index is 12.6. The molecule has 0 saturated carbocycles. The maximum Gasteiger partial charge on any atom is 0.416 e. The van der Waals surface area contributed by atoms with Crippen molar-refractivity contribution in [2.75, 3.05) is 0 Å². The smallest absolute Gasteiger partial charge is 0.416 e. The van der Waals surface area contributed by atoms with Crippen LogP contribution in [0.25, 0.3) is 10.6 Å². The number of rotatable bonds is 5. The Morgan fingerprint density at radius 2 is 1.80 bits per heavy atom. The molecule has 0 saturated heterocycles. The number of benzene rings is 2. The molecule has 7 heteroatoms. The van der Waals surface area contributed by atoms with E-state index in [1.54, 1.807) is 29.6 Å². The van der Waals surface area contributed by atoms with Gasteiger partial charge in [-0.05, 0) is 24.3 Å². The van der Waals surface area contributed by atoms with Crippen molar-refractivity contribution >= 4 is 17.6 Å². The van der Waals surface area contributed by atoms with E-state index in [1.807, 2.05) is 0 Å². The van der Waals surface area contributed by atoms with Gasteiger partial charge in [0.25, 0.3) is 0 Å². The number of para-hydroxylation sites is 1. The monoisotopic (exact) mass is 363 g/mol. The normalized spacial score (nSPS) is 11.3. The fourth-order valence-corrected chi connectivity index (χ4v) is 2.98. The van der Waals surface area contributed by atoms with Crippen LogP contribution in [0.2, 0.25) is 0 Å². The maximum atomic E-state index is 12.6. The van der Waals surface area contributed by atoms with Crippen molar-refractivity contribution in [2.24, 2.45) is 0 Å². The first-order valence-corrected chi connectivity index (χ1v) is 8.14. The number of hydrogen-bond donors (Lipinski definition) is 0. The first-order valence-electron chi connectivity index (χ1n) is 7.26. The third kappa shape index (κ3) is 4.06. The molecule has 0 spiro atoms. The second-order valence-corrected chi connectivity index (χ2v) is 6.02. The van der Waals surface area contributed by atoms with Gasteiger partial charge in [-0.25, -0.2) is 4.98 Å². The fourth-order valence-electron chi connectivity index (χ4n) is 2.17. The number of nitrogens with zero attached hydrogens (tertiary/aromatic N) is 1. The lowest BCUT2D eigenvalue weighted by atomic mass is 10.1. The van der Waals surface area contributed by atoms with E-state index >= 15 is 0 Å². The minimum Gasteiger partial charge on any atom is -0.487 e. The fraction of sp³-hybridized carbons (Fsp3) is 0.111. The van der Waals surface area contributed by atoms with Crippen LogP contribution in [-0.4, -0.2) is 11.3 Å². The summed E-state index contributed by atoms with van der Waals surface area (Å²) in [7, 11) is 0. The molecule has 0 radical (unpaired) electrons. The van der Waals surface area contributed by atoms with Crippen LogP contribution in [0.15, 0.2) is 53.9 Å². The van der Waals surface area contributed by atoms with Crippen LogP contribution >= 0.6 is 11.3 Å². The van der Waals surface area contributed by atoms with Crippen LogP contribution in [0.4, 0.5) is 13.2 Å². The first kappa shape index (κ1) is 17.2. The number of alkyl halides is 3. The molecular weight excluding hydrogens is 351 g/mol. The molecule has 0 fully saturated rings. The average molecular weight is 363 g/mol. The van der Waals surface area contributed by atoms with Crippen molar-refractivity contribution in [1.29, 1.82) is 0 Å². The Bertz CT molecular complexity index is 873. The van der Waals surface area contributed by atoms with E-state index in [0.717, 1.165) is 12.1 Å². The molecule has 25 heavy (non-hydrogen) atoms. The SMILES string of the molecule is O=Cc1ccccc1OCc1csc(-c2ccc(C(F)(F)F)cc2)n1. The highest BCUT2D eigenvalue weighted by atomic mass is 32.1. The summed E-state index contributed by atoms with van der Waals surface area (Å²) in [6, 6.07) is 11.7. The number of ether oxygens (including phenoxy) is 1. The molecule has 3 rings (SSSR count). The predicted octanol–water partition coefficient (Wildman–Crippen LogP) is 5.22. The van der Waals surface area contributed by atoms with Gasteiger partial charge in [-0.1, -0.05) is 24.3 Å². The van der Waals surface area contributed by atoms with Crippen molar-refractivity contribution in [3.05, 3.63) is 70.7 Å². The lowest BCUT2D eigenvalue weighted by Crippen LogP contribution is -2.04. The average Bonchev–Trinajstić information content (AvgIpc) is 3.08. The summed E-state index contributed by atoms with van der Waals surface area (Å²) in [4.78, 5) is 15.3. The Kier molecular flexibility index (Phi) is 4.85. The number of aromatic nitrogens is 1. The minimum atomic E-state index is -4.35. The standard InChI is InChI=1S/C18H12F3NO2S/c19-18(20,21)14-7-5-12(6-8-14)17-22-15(11-25-17)10-24-16-4-2-1-3-13(16)9-23/h1-9,11H,10H2. The Morgan fingerprint density at radius 1 is 1.08 bits per heavy atom. The van der Waals surface area contributed by atoms with Crippen LogP contribution in [0.3, 0.4) is 0 Å². The molecule has 0 aliphatic heterocycles. The topological polar surface area (TPSA) is 39.2 Å². The zero-order chi connectivity index (χ0) is 17.9. The molecule has 3 aromatic rings. The molecule has 128 valence electrons. The lowest BCUT2D eigenvalue weighted by molar-refractivity contribution is -0.137. The summed E-state index contributed by atoms with van der Waals surface area (Å²) in [6.45, 7) is 0.169.